The average molecular weight is 479 g/mol. The molecule has 0 radical (unpaired) electrons. The van der Waals surface area contributed by atoms with Gasteiger partial charge in [0.25, 0.3) is 0 Å². The SMILES string of the molecule is C[C@H]1[C@H]2CC[C@H]3[C@@H]4CC=C5C[C@@H](N(C)C(=O)Cc6ccc(F)cc6)CC[C@]5(C)C4CC[C@]23CN1C. The zero-order valence-electron chi connectivity index (χ0n) is 22.1. The summed E-state index contributed by atoms with van der Waals surface area (Å²) < 4.78 is 13.3. The average Bonchev–Trinajstić information content (AvgIpc) is 3.33. The molecule has 0 aromatic heterocycles. The lowest BCUT2D eigenvalue weighted by Gasteiger charge is -2.58. The highest BCUT2D eigenvalue weighted by Crippen LogP contribution is 2.68. The minimum absolute atomic E-state index is 0.149. The molecular formula is C31H43FN2O. The molecule has 6 rings (SSSR count). The molecule has 1 amide bonds. The molecule has 5 aliphatic rings. The number of benzene rings is 1. The first kappa shape index (κ1) is 23.7. The number of allylic oxidation sites excluding steroid dienone is 1. The number of likely N-dealkylation sites (tertiary alicyclic amines) is 1. The Morgan fingerprint density at radius 1 is 1.09 bits per heavy atom. The van der Waals surface area contributed by atoms with Gasteiger partial charge in [0.05, 0.1) is 6.42 Å². The lowest BCUT2D eigenvalue weighted by Crippen LogP contribution is -2.53. The maximum absolute atomic E-state index is 13.3. The Hall–Kier alpha value is -1.68. The van der Waals surface area contributed by atoms with E-state index in [2.05, 4.69) is 31.9 Å². The number of amides is 1. The Morgan fingerprint density at radius 2 is 1.83 bits per heavy atom. The molecule has 1 aromatic carbocycles. The van der Waals surface area contributed by atoms with E-state index in [1.807, 2.05) is 11.9 Å². The van der Waals surface area contributed by atoms with E-state index in [9.17, 15) is 9.18 Å². The minimum atomic E-state index is -0.250. The summed E-state index contributed by atoms with van der Waals surface area (Å²) >= 11 is 0. The molecule has 0 bridgehead atoms. The van der Waals surface area contributed by atoms with Gasteiger partial charge in [-0.1, -0.05) is 30.7 Å². The minimum Gasteiger partial charge on any atom is -0.342 e. The molecule has 1 aromatic rings. The Labute approximate surface area is 211 Å². The summed E-state index contributed by atoms with van der Waals surface area (Å²) in [5.74, 6) is 3.39. The zero-order chi connectivity index (χ0) is 24.5. The summed E-state index contributed by atoms with van der Waals surface area (Å²) in [6.07, 6.45) is 13.3. The fourth-order valence-corrected chi connectivity index (χ4v) is 9.88. The van der Waals surface area contributed by atoms with E-state index in [4.69, 9.17) is 0 Å². The van der Waals surface area contributed by atoms with Crippen molar-refractivity contribution < 1.29 is 9.18 Å². The second-order valence-electron chi connectivity index (χ2n) is 13.1. The van der Waals surface area contributed by atoms with E-state index >= 15 is 0 Å². The molecule has 0 N–H and O–H groups in total. The van der Waals surface area contributed by atoms with Gasteiger partial charge in [-0.25, -0.2) is 4.39 Å². The van der Waals surface area contributed by atoms with Crippen LogP contribution in [0.2, 0.25) is 0 Å². The number of carbonyl (C=O) groups is 1. The predicted octanol–water partition coefficient (Wildman–Crippen LogP) is 6.09. The second kappa shape index (κ2) is 8.43. The quantitative estimate of drug-likeness (QED) is 0.491. The van der Waals surface area contributed by atoms with Crippen LogP contribution >= 0.6 is 0 Å². The van der Waals surface area contributed by atoms with Gasteiger partial charge >= 0.3 is 0 Å². The summed E-state index contributed by atoms with van der Waals surface area (Å²) in [5, 5.41) is 0. The molecule has 4 aliphatic carbocycles. The second-order valence-corrected chi connectivity index (χ2v) is 13.1. The van der Waals surface area contributed by atoms with Crippen LogP contribution in [0, 0.1) is 40.3 Å². The predicted molar refractivity (Wildman–Crippen MR) is 138 cm³/mol. The van der Waals surface area contributed by atoms with Crippen LogP contribution in [-0.2, 0) is 11.2 Å². The summed E-state index contributed by atoms with van der Waals surface area (Å²) in [5.41, 5.74) is 3.43. The van der Waals surface area contributed by atoms with Crippen molar-refractivity contribution in [2.24, 2.45) is 34.5 Å². The topological polar surface area (TPSA) is 23.6 Å². The van der Waals surface area contributed by atoms with Crippen molar-refractivity contribution in [3.8, 4) is 0 Å². The maximum Gasteiger partial charge on any atom is 0.226 e. The molecule has 1 aliphatic heterocycles. The molecule has 1 saturated heterocycles. The molecule has 4 heteroatoms. The van der Waals surface area contributed by atoms with Gasteiger partial charge in [-0.3, -0.25) is 4.79 Å². The van der Waals surface area contributed by atoms with Crippen molar-refractivity contribution in [3.05, 3.63) is 47.3 Å². The van der Waals surface area contributed by atoms with E-state index in [1.54, 1.807) is 17.7 Å². The van der Waals surface area contributed by atoms with E-state index in [-0.39, 0.29) is 17.8 Å². The molecule has 35 heavy (non-hydrogen) atoms. The van der Waals surface area contributed by atoms with E-state index in [1.165, 1.54) is 57.2 Å². The van der Waals surface area contributed by atoms with Crippen LogP contribution < -0.4 is 0 Å². The van der Waals surface area contributed by atoms with Gasteiger partial charge < -0.3 is 9.80 Å². The van der Waals surface area contributed by atoms with Gasteiger partial charge in [-0.15, -0.1) is 0 Å². The first-order chi connectivity index (χ1) is 16.7. The summed E-state index contributed by atoms with van der Waals surface area (Å²) in [6.45, 7) is 6.37. The van der Waals surface area contributed by atoms with Crippen LogP contribution in [-0.4, -0.2) is 48.4 Å². The van der Waals surface area contributed by atoms with Crippen LogP contribution in [0.15, 0.2) is 35.9 Å². The van der Waals surface area contributed by atoms with E-state index < -0.39 is 0 Å². The van der Waals surface area contributed by atoms with Crippen molar-refractivity contribution in [3.63, 3.8) is 0 Å². The standard InChI is InChI=1S/C31H43FN2O/c1-20-26-11-12-28-25-10-7-22-18-24(34(4)29(35)17-21-5-8-23(32)9-6-21)13-15-30(22,2)27(25)14-16-31(26,28)19-33(20)3/h5-9,20,24-28H,10-19H2,1-4H3/t20-,24-,25+,26+,27?,28-,30-,31-/m0/s1. The number of carbonyl (C=O) groups excluding carboxylic acids is 1. The third-order valence-corrected chi connectivity index (χ3v) is 11.9. The first-order valence-electron chi connectivity index (χ1n) is 14.1. The first-order valence-corrected chi connectivity index (χ1v) is 14.1. The van der Waals surface area contributed by atoms with Crippen LogP contribution in [0.5, 0.6) is 0 Å². The van der Waals surface area contributed by atoms with Crippen molar-refractivity contribution in [2.75, 3.05) is 20.6 Å². The number of hydrogen-bond acceptors (Lipinski definition) is 2. The molecule has 3 nitrogen and oxygen atoms in total. The van der Waals surface area contributed by atoms with E-state index in [0.29, 0.717) is 17.3 Å². The van der Waals surface area contributed by atoms with Gasteiger partial charge in [-0.2, -0.15) is 0 Å². The molecule has 1 unspecified atom stereocenters. The van der Waals surface area contributed by atoms with Crippen molar-refractivity contribution in [1.29, 1.82) is 0 Å². The Kier molecular flexibility index (Phi) is 5.71. The number of nitrogens with zero attached hydrogens (tertiary/aromatic N) is 2. The fourth-order valence-electron chi connectivity index (χ4n) is 9.88. The Bertz CT molecular complexity index is 1020. The van der Waals surface area contributed by atoms with E-state index in [0.717, 1.165) is 48.1 Å². The lowest BCUT2D eigenvalue weighted by molar-refractivity contribution is -0.132. The number of halogens is 1. The molecule has 4 fully saturated rings. The third-order valence-electron chi connectivity index (χ3n) is 11.9. The molecule has 190 valence electrons. The molecule has 3 saturated carbocycles. The van der Waals surface area contributed by atoms with Crippen molar-refractivity contribution >= 4 is 5.91 Å². The monoisotopic (exact) mass is 478 g/mol. The zero-order valence-corrected chi connectivity index (χ0v) is 22.1. The van der Waals surface area contributed by atoms with Crippen molar-refractivity contribution in [1.82, 2.24) is 9.80 Å². The molecule has 1 spiro atoms. The number of likely N-dealkylation sites (N-methyl/N-ethyl adjacent to an activating group) is 1. The fraction of sp³-hybridized carbons (Fsp3) is 0.710. The van der Waals surface area contributed by atoms with Gasteiger partial charge in [0.2, 0.25) is 5.91 Å². The lowest BCUT2D eigenvalue weighted by atomic mass is 9.47. The largest absolute Gasteiger partial charge is 0.342 e. The highest BCUT2D eigenvalue weighted by atomic mass is 19.1. The summed E-state index contributed by atoms with van der Waals surface area (Å²) in [4.78, 5) is 17.7. The van der Waals surface area contributed by atoms with Crippen LogP contribution in [0.1, 0.15) is 70.8 Å². The summed E-state index contributed by atoms with van der Waals surface area (Å²) in [6, 6.07) is 7.39. The number of fused-ring (bicyclic) bond motifs is 4. The maximum atomic E-state index is 13.3. The van der Waals surface area contributed by atoms with Gasteiger partial charge in [0.1, 0.15) is 5.82 Å². The summed E-state index contributed by atoms with van der Waals surface area (Å²) in [7, 11) is 4.34. The van der Waals surface area contributed by atoms with Crippen LogP contribution in [0.3, 0.4) is 0 Å². The number of rotatable bonds is 3. The third kappa shape index (κ3) is 3.56. The smallest absolute Gasteiger partial charge is 0.226 e. The molecular weight excluding hydrogens is 435 g/mol. The Balaban J connectivity index is 1.17. The van der Waals surface area contributed by atoms with Crippen LogP contribution in [0.25, 0.3) is 0 Å². The molecule has 1 heterocycles. The van der Waals surface area contributed by atoms with Crippen molar-refractivity contribution in [2.45, 2.75) is 83.7 Å². The normalized spacial score (nSPS) is 42.5. The highest BCUT2D eigenvalue weighted by molar-refractivity contribution is 5.78. The molecule has 8 atom stereocenters. The van der Waals surface area contributed by atoms with Crippen LogP contribution in [0.4, 0.5) is 4.39 Å². The van der Waals surface area contributed by atoms with Gasteiger partial charge in [0, 0.05) is 25.7 Å². The Morgan fingerprint density at radius 3 is 2.60 bits per heavy atom. The van der Waals surface area contributed by atoms with Gasteiger partial charge in [0.15, 0.2) is 0 Å². The highest BCUT2D eigenvalue weighted by Gasteiger charge is 2.64. The number of hydrogen-bond donors (Lipinski definition) is 0. The van der Waals surface area contributed by atoms with Gasteiger partial charge in [-0.05, 0) is 118 Å².